The number of anilines is 1. The van der Waals surface area contributed by atoms with Gasteiger partial charge in [-0.25, -0.2) is 4.79 Å². The second kappa shape index (κ2) is 5.42. The largest absolute Gasteiger partial charge is 0.478 e. The van der Waals surface area contributed by atoms with Gasteiger partial charge in [-0.2, -0.15) is 0 Å². The summed E-state index contributed by atoms with van der Waals surface area (Å²) in [5.41, 5.74) is 1.90. The van der Waals surface area contributed by atoms with E-state index < -0.39 is 5.97 Å². The minimum atomic E-state index is -0.907. The molecule has 0 fully saturated rings. The van der Waals surface area contributed by atoms with Gasteiger partial charge < -0.3 is 10.4 Å². The Bertz CT molecular complexity index is 580. The van der Waals surface area contributed by atoms with E-state index in [-0.39, 0.29) is 0 Å². The lowest BCUT2D eigenvalue weighted by Crippen LogP contribution is -2.05. The van der Waals surface area contributed by atoms with Gasteiger partial charge in [0.25, 0.3) is 0 Å². The monoisotopic (exact) mass is 281 g/mol. The molecule has 0 saturated heterocycles. The highest BCUT2D eigenvalue weighted by Gasteiger charge is 2.09. The molecule has 94 valence electrons. The van der Waals surface area contributed by atoms with E-state index in [1.165, 1.54) is 11.3 Å². The molecule has 2 N–H and O–H groups in total. The number of benzene rings is 1. The zero-order valence-corrected chi connectivity index (χ0v) is 11.3. The average molecular weight is 282 g/mol. The number of thiophene rings is 1. The Labute approximate surface area is 114 Å². The SMILES string of the molecule is Cc1c(NCc2ccc(Cl)s2)cccc1C(=O)O. The van der Waals surface area contributed by atoms with Gasteiger partial charge >= 0.3 is 5.97 Å². The fourth-order valence-corrected chi connectivity index (χ4v) is 2.72. The molecule has 0 atom stereocenters. The quantitative estimate of drug-likeness (QED) is 0.890. The van der Waals surface area contributed by atoms with Crippen molar-refractivity contribution in [3.8, 4) is 0 Å². The van der Waals surface area contributed by atoms with E-state index in [2.05, 4.69) is 5.32 Å². The highest BCUT2D eigenvalue weighted by atomic mass is 35.5. The molecule has 1 aromatic carbocycles. The Morgan fingerprint density at radius 3 is 2.78 bits per heavy atom. The van der Waals surface area contributed by atoms with Crippen LogP contribution in [-0.4, -0.2) is 11.1 Å². The van der Waals surface area contributed by atoms with Gasteiger partial charge in [-0.3, -0.25) is 0 Å². The molecule has 0 aliphatic rings. The van der Waals surface area contributed by atoms with Crippen LogP contribution in [0.2, 0.25) is 4.34 Å². The lowest BCUT2D eigenvalue weighted by atomic mass is 10.1. The molecule has 5 heteroatoms. The van der Waals surface area contributed by atoms with Crippen molar-refractivity contribution in [1.29, 1.82) is 0 Å². The molecular formula is C13H12ClNO2S. The third-order valence-electron chi connectivity index (χ3n) is 2.65. The molecular weight excluding hydrogens is 270 g/mol. The molecule has 0 aliphatic carbocycles. The lowest BCUT2D eigenvalue weighted by Gasteiger charge is -2.10. The summed E-state index contributed by atoms with van der Waals surface area (Å²) in [5, 5.41) is 12.3. The maximum atomic E-state index is 11.0. The molecule has 1 aromatic heterocycles. The number of carbonyl (C=O) groups is 1. The Morgan fingerprint density at radius 2 is 2.17 bits per heavy atom. The molecule has 0 spiro atoms. The summed E-state index contributed by atoms with van der Waals surface area (Å²) in [6.07, 6.45) is 0. The van der Waals surface area contributed by atoms with Gasteiger partial charge in [0.05, 0.1) is 9.90 Å². The molecule has 0 bridgehead atoms. The van der Waals surface area contributed by atoms with Gasteiger partial charge in [0.1, 0.15) is 0 Å². The van der Waals surface area contributed by atoms with Crippen molar-refractivity contribution in [3.05, 3.63) is 50.7 Å². The van der Waals surface area contributed by atoms with Crippen molar-refractivity contribution in [2.24, 2.45) is 0 Å². The number of carboxylic acid groups (broad SMARTS) is 1. The zero-order valence-electron chi connectivity index (χ0n) is 9.74. The van der Waals surface area contributed by atoms with Crippen LogP contribution >= 0.6 is 22.9 Å². The predicted molar refractivity (Wildman–Crippen MR) is 74.8 cm³/mol. The number of aromatic carboxylic acids is 1. The molecule has 0 saturated carbocycles. The molecule has 2 rings (SSSR count). The highest BCUT2D eigenvalue weighted by molar-refractivity contribution is 7.16. The maximum Gasteiger partial charge on any atom is 0.336 e. The van der Waals surface area contributed by atoms with E-state index in [1.54, 1.807) is 19.1 Å². The smallest absolute Gasteiger partial charge is 0.336 e. The van der Waals surface area contributed by atoms with Crippen molar-refractivity contribution in [3.63, 3.8) is 0 Å². The van der Waals surface area contributed by atoms with E-state index in [4.69, 9.17) is 16.7 Å². The van der Waals surface area contributed by atoms with Gasteiger partial charge in [0.2, 0.25) is 0 Å². The molecule has 0 aliphatic heterocycles. The van der Waals surface area contributed by atoms with Crippen LogP contribution in [0.1, 0.15) is 20.8 Å². The first-order valence-electron chi connectivity index (χ1n) is 5.39. The van der Waals surface area contributed by atoms with E-state index in [1.807, 2.05) is 18.2 Å². The standard InChI is InChI=1S/C13H12ClNO2S/c1-8-10(13(16)17)3-2-4-11(8)15-7-9-5-6-12(14)18-9/h2-6,15H,7H2,1H3,(H,16,17). The van der Waals surface area contributed by atoms with Crippen LogP contribution in [-0.2, 0) is 6.54 Å². The summed E-state index contributed by atoms with van der Waals surface area (Å²) in [6.45, 7) is 2.44. The van der Waals surface area contributed by atoms with Gasteiger partial charge in [0.15, 0.2) is 0 Å². The first kappa shape index (κ1) is 12.9. The fraction of sp³-hybridized carbons (Fsp3) is 0.154. The molecule has 1 heterocycles. The predicted octanol–water partition coefficient (Wildman–Crippen LogP) is 4.02. The molecule has 0 amide bonds. The van der Waals surface area contributed by atoms with E-state index in [0.717, 1.165) is 20.5 Å². The fourth-order valence-electron chi connectivity index (χ4n) is 1.69. The highest BCUT2D eigenvalue weighted by Crippen LogP contribution is 2.24. The van der Waals surface area contributed by atoms with Gasteiger partial charge in [0, 0.05) is 17.1 Å². The molecule has 0 unspecified atom stereocenters. The zero-order chi connectivity index (χ0) is 13.1. The third kappa shape index (κ3) is 2.83. The minimum Gasteiger partial charge on any atom is -0.478 e. The number of halogens is 1. The Hall–Kier alpha value is -1.52. The third-order valence-corrected chi connectivity index (χ3v) is 3.88. The van der Waals surface area contributed by atoms with Crippen LogP contribution in [0.3, 0.4) is 0 Å². The van der Waals surface area contributed by atoms with Crippen molar-refractivity contribution in [2.75, 3.05) is 5.32 Å². The number of rotatable bonds is 4. The second-order valence-electron chi connectivity index (χ2n) is 3.84. The van der Waals surface area contributed by atoms with Crippen LogP contribution in [0.25, 0.3) is 0 Å². The van der Waals surface area contributed by atoms with Crippen molar-refractivity contribution < 1.29 is 9.90 Å². The first-order valence-corrected chi connectivity index (χ1v) is 6.58. The summed E-state index contributed by atoms with van der Waals surface area (Å²) in [7, 11) is 0. The van der Waals surface area contributed by atoms with Gasteiger partial charge in [-0.1, -0.05) is 17.7 Å². The first-order chi connectivity index (χ1) is 8.58. The topological polar surface area (TPSA) is 49.3 Å². The summed E-state index contributed by atoms with van der Waals surface area (Å²) >= 11 is 7.36. The number of nitrogens with one attached hydrogen (secondary N) is 1. The summed E-state index contributed by atoms with van der Waals surface area (Å²) in [6, 6.07) is 9.02. The summed E-state index contributed by atoms with van der Waals surface area (Å²) in [5.74, 6) is -0.907. The van der Waals surface area contributed by atoms with E-state index >= 15 is 0 Å². The number of carboxylic acids is 1. The normalized spacial score (nSPS) is 10.3. The lowest BCUT2D eigenvalue weighted by molar-refractivity contribution is 0.0696. The van der Waals surface area contributed by atoms with Crippen molar-refractivity contribution in [1.82, 2.24) is 0 Å². The Kier molecular flexibility index (Phi) is 3.89. The minimum absolute atomic E-state index is 0.323. The Morgan fingerprint density at radius 1 is 1.39 bits per heavy atom. The van der Waals surface area contributed by atoms with Crippen LogP contribution in [0.5, 0.6) is 0 Å². The molecule has 2 aromatic rings. The van der Waals surface area contributed by atoms with E-state index in [0.29, 0.717) is 12.1 Å². The van der Waals surface area contributed by atoms with Gasteiger partial charge in [-0.05, 0) is 36.8 Å². The Balaban J connectivity index is 2.14. The number of hydrogen-bond donors (Lipinski definition) is 2. The van der Waals surface area contributed by atoms with E-state index in [9.17, 15) is 4.79 Å². The molecule has 0 radical (unpaired) electrons. The molecule has 3 nitrogen and oxygen atoms in total. The van der Waals surface area contributed by atoms with Crippen LogP contribution < -0.4 is 5.32 Å². The average Bonchev–Trinajstić information content (AvgIpc) is 2.73. The van der Waals surface area contributed by atoms with Crippen LogP contribution in [0, 0.1) is 6.92 Å². The van der Waals surface area contributed by atoms with Gasteiger partial charge in [-0.15, -0.1) is 11.3 Å². The van der Waals surface area contributed by atoms with Crippen molar-refractivity contribution in [2.45, 2.75) is 13.5 Å². The van der Waals surface area contributed by atoms with Crippen LogP contribution in [0.15, 0.2) is 30.3 Å². The number of hydrogen-bond acceptors (Lipinski definition) is 3. The maximum absolute atomic E-state index is 11.0. The van der Waals surface area contributed by atoms with Crippen molar-refractivity contribution >= 4 is 34.6 Å². The molecule has 18 heavy (non-hydrogen) atoms. The second-order valence-corrected chi connectivity index (χ2v) is 5.64. The summed E-state index contributed by atoms with van der Waals surface area (Å²) in [4.78, 5) is 12.1. The van der Waals surface area contributed by atoms with Crippen LogP contribution in [0.4, 0.5) is 5.69 Å². The summed E-state index contributed by atoms with van der Waals surface area (Å²) < 4.78 is 0.753.